The Kier molecular flexibility index (Phi) is 4.24. The highest BCUT2D eigenvalue weighted by molar-refractivity contribution is 5.76. The van der Waals surface area contributed by atoms with E-state index in [1.54, 1.807) is 12.1 Å². The number of hydrogen-bond donors (Lipinski definition) is 0. The molecule has 0 atom stereocenters. The number of piperidine rings is 1. The molecule has 1 fully saturated rings. The molecule has 2 aliphatic heterocycles. The zero-order valence-electron chi connectivity index (χ0n) is 15.0. The summed E-state index contributed by atoms with van der Waals surface area (Å²) in [7, 11) is 0. The molecule has 2 heterocycles. The highest BCUT2D eigenvalue weighted by Gasteiger charge is 2.32. The van der Waals surface area contributed by atoms with Crippen LogP contribution >= 0.6 is 0 Å². The fraction of sp³-hybridized carbons (Fsp3) is 0.364. The number of rotatable bonds is 3. The Balaban J connectivity index is 1.70. The number of benzene rings is 2. The van der Waals surface area contributed by atoms with E-state index in [9.17, 15) is 4.39 Å². The number of nitrogens with zero attached hydrogens (tertiary/aromatic N) is 2. The molecule has 2 aromatic rings. The summed E-state index contributed by atoms with van der Waals surface area (Å²) in [5, 5.41) is 4.85. The zero-order chi connectivity index (χ0) is 17.4. The SMILES string of the molecule is CC(C)c1cccc(N2CC(c3ccc(F)cc3)=C3CCCCN32)c1. The van der Waals surface area contributed by atoms with Crippen LogP contribution in [-0.4, -0.2) is 18.1 Å². The molecule has 1 saturated heterocycles. The highest BCUT2D eigenvalue weighted by Crippen LogP contribution is 2.39. The summed E-state index contributed by atoms with van der Waals surface area (Å²) in [5.74, 6) is 0.349. The largest absolute Gasteiger partial charge is 0.289 e. The Morgan fingerprint density at radius 1 is 0.960 bits per heavy atom. The van der Waals surface area contributed by atoms with E-state index in [1.807, 2.05) is 12.1 Å². The number of anilines is 1. The van der Waals surface area contributed by atoms with Gasteiger partial charge in [0.05, 0.1) is 12.2 Å². The van der Waals surface area contributed by atoms with Crippen LogP contribution in [0.25, 0.3) is 5.57 Å². The van der Waals surface area contributed by atoms with E-state index < -0.39 is 0 Å². The van der Waals surface area contributed by atoms with Gasteiger partial charge in [0.2, 0.25) is 0 Å². The van der Waals surface area contributed by atoms with Crippen molar-refractivity contribution in [2.45, 2.75) is 39.0 Å². The minimum Gasteiger partial charge on any atom is -0.289 e. The second-order valence-corrected chi connectivity index (χ2v) is 7.32. The summed E-state index contributed by atoms with van der Waals surface area (Å²) in [4.78, 5) is 0. The van der Waals surface area contributed by atoms with Crippen LogP contribution in [0.15, 0.2) is 54.2 Å². The van der Waals surface area contributed by atoms with Crippen molar-refractivity contribution < 1.29 is 4.39 Å². The molecule has 0 amide bonds. The first-order valence-corrected chi connectivity index (χ1v) is 9.26. The van der Waals surface area contributed by atoms with Gasteiger partial charge < -0.3 is 0 Å². The molecule has 0 N–H and O–H groups in total. The monoisotopic (exact) mass is 336 g/mol. The van der Waals surface area contributed by atoms with Crippen LogP contribution in [0.3, 0.4) is 0 Å². The van der Waals surface area contributed by atoms with Crippen molar-refractivity contribution in [3.8, 4) is 0 Å². The summed E-state index contributed by atoms with van der Waals surface area (Å²) >= 11 is 0. The maximum absolute atomic E-state index is 13.3. The minimum atomic E-state index is -0.172. The minimum absolute atomic E-state index is 0.172. The third-order valence-corrected chi connectivity index (χ3v) is 5.32. The predicted octanol–water partition coefficient (Wildman–Crippen LogP) is 5.58. The molecule has 0 unspecified atom stereocenters. The number of hydrogen-bond acceptors (Lipinski definition) is 2. The van der Waals surface area contributed by atoms with E-state index in [2.05, 4.69) is 48.1 Å². The molecule has 25 heavy (non-hydrogen) atoms. The Hall–Kier alpha value is -2.29. The van der Waals surface area contributed by atoms with Gasteiger partial charge >= 0.3 is 0 Å². The summed E-state index contributed by atoms with van der Waals surface area (Å²) in [6, 6.07) is 15.8. The summed E-state index contributed by atoms with van der Waals surface area (Å²) in [6.07, 6.45) is 3.56. The lowest BCUT2D eigenvalue weighted by Gasteiger charge is -2.37. The van der Waals surface area contributed by atoms with Crippen molar-refractivity contribution >= 4 is 11.3 Å². The van der Waals surface area contributed by atoms with Gasteiger partial charge in [-0.1, -0.05) is 38.1 Å². The number of fused-ring (bicyclic) bond motifs is 1. The van der Waals surface area contributed by atoms with E-state index in [4.69, 9.17) is 0 Å². The average molecular weight is 336 g/mol. The van der Waals surface area contributed by atoms with Gasteiger partial charge in [-0.15, -0.1) is 0 Å². The van der Waals surface area contributed by atoms with Crippen LogP contribution in [-0.2, 0) is 0 Å². The highest BCUT2D eigenvalue weighted by atomic mass is 19.1. The van der Waals surface area contributed by atoms with Gasteiger partial charge in [0.1, 0.15) is 5.82 Å². The summed E-state index contributed by atoms with van der Waals surface area (Å²) in [6.45, 7) is 6.39. The van der Waals surface area contributed by atoms with E-state index in [1.165, 1.54) is 35.4 Å². The third kappa shape index (κ3) is 3.04. The first-order valence-electron chi connectivity index (χ1n) is 9.26. The van der Waals surface area contributed by atoms with Gasteiger partial charge in [0.25, 0.3) is 0 Å². The van der Waals surface area contributed by atoms with Crippen LogP contribution in [0.4, 0.5) is 10.1 Å². The fourth-order valence-corrected chi connectivity index (χ4v) is 3.90. The van der Waals surface area contributed by atoms with Crippen molar-refractivity contribution in [1.29, 1.82) is 0 Å². The molecule has 0 radical (unpaired) electrons. The van der Waals surface area contributed by atoms with Gasteiger partial charge in [-0.3, -0.25) is 10.0 Å². The number of halogens is 1. The molecule has 0 aliphatic carbocycles. The smallest absolute Gasteiger partial charge is 0.123 e. The molecule has 0 spiro atoms. The van der Waals surface area contributed by atoms with E-state index in [0.717, 1.165) is 25.1 Å². The molecule has 0 saturated carbocycles. The van der Waals surface area contributed by atoms with Crippen LogP contribution in [0, 0.1) is 5.82 Å². The van der Waals surface area contributed by atoms with Crippen molar-refractivity contribution in [2.24, 2.45) is 0 Å². The van der Waals surface area contributed by atoms with Crippen molar-refractivity contribution in [3.05, 3.63) is 71.2 Å². The van der Waals surface area contributed by atoms with E-state index in [-0.39, 0.29) is 5.82 Å². The van der Waals surface area contributed by atoms with Gasteiger partial charge in [0, 0.05) is 17.8 Å². The molecule has 0 aromatic heterocycles. The van der Waals surface area contributed by atoms with Gasteiger partial charge in [-0.25, -0.2) is 4.39 Å². The van der Waals surface area contributed by atoms with Crippen molar-refractivity contribution in [2.75, 3.05) is 18.1 Å². The average Bonchev–Trinajstić information content (AvgIpc) is 3.02. The predicted molar refractivity (Wildman–Crippen MR) is 102 cm³/mol. The van der Waals surface area contributed by atoms with Crippen molar-refractivity contribution in [1.82, 2.24) is 5.01 Å². The first kappa shape index (κ1) is 16.2. The van der Waals surface area contributed by atoms with E-state index in [0.29, 0.717) is 5.92 Å². The quantitative estimate of drug-likeness (QED) is 0.722. The second kappa shape index (κ2) is 6.55. The maximum atomic E-state index is 13.3. The first-order chi connectivity index (χ1) is 12.1. The van der Waals surface area contributed by atoms with Crippen LogP contribution in [0.2, 0.25) is 0 Å². The molecule has 4 rings (SSSR count). The molecule has 2 aromatic carbocycles. The number of hydrazine groups is 1. The molecule has 2 nitrogen and oxygen atoms in total. The summed E-state index contributed by atoms with van der Waals surface area (Å²) < 4.78 is 13.3. The lowest BCUT2D eigenvalue weighted by molar-refractivity contribution is 0.294. The molecule has 0 bridgehead atoms. The fourth-order valence-electron chi connectivity index (χ4n) is 3.90. The Morgan fingerprint density at radius 2 is 1.76 bits per heavy atom. The van der Waals surface area contributed by atoms with Crippen LogP contribution in [0.5, 0.6) is 0 Å². The molecule has 130 valence electrons. The Labute approximate surface area is 149 Å². The lowest BCUT2D eigenvalue weighted by atomic mass is 9.99. The lowest BCUT2D eigenvalue weighted by Crippen LogP contribution is -2.40. The van der Waals surface area contributed by atoms with E-state index >= 15 is 0 Å². The molecular formula is C22H25FN2. The van der Waals surface area contributed by atoms with Crippen LogP contribution in [0.1, 0.15) is 50.2 Å². The third-order valence-electron chi connectivity index (χ3n) is 5.32. The summed E-state index contributed by atoms with van der Waals surface area (Å²) in [5.41, 5.74) is 6.52. The standard InChI is InChI=1S/C22H25FN2/c1-16(2)18-6-5-7-20(14-18)25-15-21(17-9-11-19(23)12-10-17)22-8-3-4-13-24(22)25/h5-7,9-12,14,16H,3-4,8,13,15H2,1-2H3. The Morgan fingerprint density at radius 3 is 2.52 bits per heavy atom. The van der Waals surface area contributed by atoms with Gasteiger partial charge in [-0.2, -0.15) is 0 Å². The van der Waals surface area contributed by atoms with Gasteiger partial charge in [0.15, 0.2) is 0 Å². The topological polar surface area (TPSA) is 6.48 Å². The van der Waals surface area contributed by atoms with Gasteiger partial charge in [-0.05, 0) is 60.6 Å². The maximum Gasteiger partial charge on any atom is 0.123 e. The zero-order valence-corrected chi connectivity index (χ0v) is 15.0. The second-order valence-electron chi connectivity index (χ2n) is 7.32. The number of allylic oxidation sites excluding steroid dienone is 1. The molecule has 3 heteroatoms. The Bertz CT molecular complexity index is 792. The molecular weight excluding hydrogens is 311 g/mol. The van der Waals surface area contributed by atoms with Crippen molar-refractivity contribution in [3.63, 3.8) is 0 Å². The normalized spacial score (nSPS) is 17.4. The van der Waals surface area contributed by atoms with Crippen LogP contribution < -0.4 is 5.01 Å². The molecule has 2 aliphatic rings.